The van der Waals surface area contributed by atoms with E-state index in [-0.39, 0.29) is 0 Å². The molecule has 23 heavy (non-hydrogen) atoms. The molecule has 1 aromatic carbocycles. The Morgan fingerprint density at radius 3 is 2.78 bits per heavy atom. The first-order valence-corrected chi connectivity index (χ1v) is 7.77. The van der Waals surface area contributed by atoms with E-state index in [1.807, 2.05) is 48.3 Å². The van der Waals surface area contributed by atoms with Crippen molar-refractivity contribution >= 4 is 5.96 Å². The highest BCUT2D eigenvalue weighted by Crippen LogP contribution is 2.08. The molecule has 0 aliphatic carbocycles. The molecular weight excluding hydrogens is 292 g/mol. The van der Waals surface area contributed by atoms with Gasteiger partial charge in [0.05, 0.1) is 18.8 Å². The SMILES string of the molecule is CCc1cc(CNC(=NC)N(C)CCOc2ccccc2)on1. The van der Waals surface area contributed by atoms with Gasteiger partial charge >= 0.3 is 0 Å². The second kappa shape index (κ2) is 8.82. The van der Waals surface area contributed by atoms with Gasteiger partial charge in [0, 0.05) is 20.2 Å². The third-order valence-corrected chi connectivity index (χ3v) is 3.40. The number of aryl methyl sites for hydroxylation is 1. The first-order valence-electron chi connectivity index (χ1n) is 7.77. The van der Waals surface area contributed by atoms with E-state index in [0.717, 1.165) is 36.1 Å². The van der Waals surface area contributed by atoms with Gasteiger partial charge in [0.15, 0.2) is 11.7 Å². The van der Waals surface area contributed by atoms with Gasteiger partial charge in [0.2, 0.25) is 0 Å². The van der Waals surface area contributed by atoms with Gasteiger partial charge in [0.1, 0.15) is 12.4 Å². The van der Waals surface area contributed by atoms with E-state index in [4.69, 9.17) is 9.26 Å². The molecular formula is C17H24N4O2. The second-order valence-electron chi connectivity index (χ2n) is 5.12. The van der Waals surface area contributed by atoms with Crippen molar-refractivity contribution in [3.63, 3.8) is 0 Å². The quantitative estimate of drug-likeness (QED) is 0.627. The number of nitrogens with one attached hydrogen (secondary N) is 1. The summed E-state index contributed by atoms with van der Waals surface area (Å²) < 4.78 is 11.0. The van der Waals surface area contributed by atoms with Crippen LogP contribution in [0.4, 0.5) is 0 Å². The van der Waals surface area contributed by atoms with Gasteiger partial charge in [-0.2, -0.15) is 0 Å². The third kappa shape index (κ3) is 5.32. The first-order chi connectivity index (χ1) is 11.2. The fraction of sp³-hybridized carbons (Fsp3) is 0.412. The molecule has 0 saturated carbocycles. The molecule has 0 bridgehead atoms. The number of ether oxygens (including phenoxy) is 1. The molecule has 0 fully saturated rings. The number of benzene rings is 1. The van der Waals surface area contributed by atoms with E-state index in [1.54, 1.807) is 7.05 Å². The minimum absolute atomic E-state index is 0.559. The average Bonchev–Trinajstić information content (AvgIpc) is 3.04. The Bertz CT molecular complexity index is 610. The lowest BCUT2D eigenvalue weighted by Gasteiger charge is -2.21. The summed E-state index contributed by atoms with van der Waals surface area (Å²) in [6.45, 7) is 3.92. The van der Waals surface area contributed by atoms with Crippen LogP contribution in [0.2, 0.25) is 0 Å². The number of aliphatic imine (C=N–C) groups is 1. The van der Waals surface area contributed by atoms with Gasteiger partial charge < -0.3 is 19.5 Å². The lowest BCUT2D eigenvalue weighted by atomic mass is 10.3. The van der Waals surface area contributed by atoms with Crippen molar-refractivity contribution in [2.24, 2.45) is 4.99 Å². The number of hydrogen-bond acceptors (Lipinski definition) is 4. The molecule has 0 atom stereocenters. The number of guanidine groups is 1. The number of rotatable bonds is 7. The van der Waals surface area contributed by atoms with Crippen LogP contribution < -0.4 is 10.1 Å². The van der Waals surface area contributed by atoms with Crippen molar-refractivity contribution in [2.75, 3.05) is 27.2 Å². The predicted octanol–water partition coefficient (Wildman–Crippen LogP) is 2.32. The zero-order chi connectivity index (χ0) is 16.5. The average molecular weight is 316 g/mol. The van der Waals surface area contributed by atoms with Crippen LogP contribution in [0.15, 0.2) is 45.9 Å². The van der Waals surface area contributed by atoms with Crippen molar-refractivity contribution in [3.05, 3.63) is 47.9 Å². The van der Waals surface area contributed by atoms with Gasteiger partial charge in [0.25, 0.3) is 0 Å². The molecule has 0 aliphatic rings. The van der Waals surface area contributed by atoms with Gasteiger partial charge in [-0.25, -0.2) is 0 Å². The fourth-order valence-electron chi connectivity index (χ4n) is 2.08. The van der Waals surface area contributed by atoms with Crippen LogP contribution in [-0.4, -0.2) is 43.3 Å². The number of hydrogen-bond donors (Lipinski definition) is 1. The molecule has 6 heteroatoms. The Balaban J connectivity index is 1.76. The van der Waals surface area contributed by atoms with E-state index in [0.29, 0.717) is 13.2 Å². The van der Waals surface area contributed by atoms with E-state index in [2.05, 4.69) is 22.4 Å². The van der Waals surface area contributed by atoms with Crippen LogP contribution in [0.3, 0.4) is 0 Å². The third-order valence-electron chi connectivity index (χ3n) is 3.40. The zero-order valence-electron chi connectivity index (χ0n) is 14.0. The lowest BCUT2D eigenvalue weighted by molar-refractivity contribution is 0.280. The molecule has 1 heterocycles. The maximum Gasteiger partial charge on any atom is 0.193 e. The van der Waals surface area contributed by atoms with Crippen LogP contribution in [0.5, 0.6) is 5.75 Å². The molecule has 124 valence electrons. The van der Waals surface area contributed by atoms with E-state index in [1.165, 1.54) is 0 Å². The van der Waals surface area contributed by atoms with Gasteiger partial charge in [-0.05, 0) is 18.6 Å². The van der Waals surface area contributed by atoms with Gasteiger partial charge in [-0.1, -0.05) is 30.3 Å². The maximum absolute atomic E-state index is 5.70. The van der Waals surface area contributed by atoms with E-state index < -0.39 is 0 Å². The molecule has 0 spiro atoms. The van der Waals surface area contributed by atoms with Gasteiger partial charge in [-0.3, -0.25) is 4.99 Å². The minimum Gasteiger partial charge on any atom is -0.492 e. The summed E-state index contributed by atoms with van der Waals surface area (Å²) in [6, 6.07) is 11.7. The topological polar surface area (TPSA) is 62.9 Å². The Morgan fingerprint density at radius 2 is 2.13 bits per heavy atom. The van der Waals surface area contributed by atoms with E-state index >= 15 is 0 Å². The smallest absolute Gasteiger partial charge is 0.193 e. The summed E-state index contributed by atoms with van der Waals surface area (Å²) in [6.07, 6.45) is 0.870. The normalized spacial score (nSPS) is 11.3. The molecule has 0 aliphatic heterocycles. The highest BCUT2D eigenvalue weighted by atomic mass is 16.5. The molecule has 2 rings (SSSR count). The van der Waals surface area contributed by atoms with Crippen LogP contribution in [-0.2, 0) is 13.0 Å². The molecule has 2 aromatic rings. The number of para-hydroxylation sites is 1. The summed E-state index contributed by atoms with van der Waals surface area (Å²) >= 11 is 0. The number of likely N-dealkylation sites (N-methyl/N-ethyl adjacent to an activating group) is 1. The highest BCUT2D eigenvalue weighted by Gasteiger charge is 2.08. The summed E-state index contributed by atoms with van der Waals surface area (Å²) in [5.41, 5.74) is 0.960. The monoisotopic (exact) mass is 316 g/mol. The molecule has 0 radical (unpaired) electrons. The largest absolute Gasteiger partial charge is 0.492 e. The minimum atomic E-state index is 0.559. The Kier molecular flexibility index (Phi) is 6.47. The first kappa shape index (κ1) is 16.9. The predicted molar refractivity (Wildman–Crippen MR) is 90.6 cm³/mol. The van der Waals surface area contributed by atoms with E-state index in [9.17, 15) is 0 Å². The van der Waals surface area contributed by atoms with Crippen LogP contribution >= 0.6 is 0 Å². The molecule has 0 unspecified atom stereocenters. The van der Waals surface area contributed by atoms with Crippen molar-refractivity contribution < 1.29 is 9.26 Å². The van der Waals surface area contributed by atoms with Crippen molar-refractivity contribution in [2.45, 2.75) is 19.9 Å². The summed E-state index contributed by atoms with van der Waals surface area (Å²) in [7, 11) is 3.73. The molecule has 1 aromatic heterocycles. The standard InChI is InChI=1S/C17H24N4O2/c1-4-14-12-16(23-20-14)13-19-17(18-2)21(3)10-11-22-15-8-6-5-7-9-15/h5-9,12H,4,10-11,13H2,1-3H3,(H,18,19). The van der Waals surface area contributed by atoms with Crippen LogP contribution in [0, 0.1) is 0 Å². The second-order valence-corrected chi connectivity index (χ2v) is 5.12. The lowest BCUT2D eigenvalue weighted by Crippen LogP contribution is -2.40. The molecule has 6 nitrogen and oxygen atoms in total. The van der Waals surface area contributed by atoms with Crippen molar-refractivity contribution in [1.29, 1.82) is 0 Å². The maximum atomic E-state index is 5.70. The Hall–Kier alpha value is -2.50. The van der Waals surface area contributed by atoms with Crippen LogP contribution in [0.1, 0.15) is 18.4 Å². The Morgan fingerprint density at radius 1 is 1.35 bits per heavy atom. The van der Waals surface area contributed by atoms with Crippen LogP contribution in [0.25, 0.3) is 0 Å². The molecule has 0 saturated heterocycles. The number of nitrogens with zero attached hydrogens (tertiary/aromatic N) is 3. The zero-order valence-corrected chi connectivity index (χ0v) is 14.0. The van der Waals surface area contributed by atoms with Gasteiger partial charge in [-0.15, -0.1) is 0 Å². The highest BCUT2D eigenvalue weighted by molar-refractivity contribution is 5.79. The van der Waals surface area contributed by atoms with Crippen molar-refractivity contribution in [1.82, 2.24) is 15.4 Å². The summed E-state index contributed by atoms with van der Waals surface area (Å²) in [5.74, 6) is 2.46. The molecule has 0 amide bonds. The molecule has 1 N–H and O–H groups in total. The Labute approximate surface area is 137 Å². The summed E-state index contributed by atoms with van der Waals surface area (Å²) in [5, 5.41) is 7.24. The van der Waals surface area contributed by atoms with Crippen molar-refractivity contribution in [3.8, 4) is 5.75 Å². The number of aromatic nitrogens is 1. The summed E-state index contributed by atoms with van der Waals surface area (Å²) in [4.78, 5) is 6.28. The fourth-order valence-corrected chi connectivity index (χ4v) is 2.08.